The number of pyridine rings is 1. The van der Waals surface area contributed by atoms with E-state index in [1.54, 1.807) is 0 Å². The smallest absolute Gasteiger partial charge is 0.239 e. The second kappa shape index (κ2) is 6.54. The standard InChI is InChI=1S/C7H9N.C6H2Cl2O4/c1-6-3-4-8-5-7(6)2;7-1-3(9)5(11)2(8)6(12)4(1)10/h3-5H,1-2H3;9,12H. The number of aromatic nitrogens is 1. The van der Waals surface area contributed by atoms with Crippen LogP contribution in [0.4, 0.5) is 0 Å². The number of hydrogen-bond acceptors (Lipinski definition) is 4. The molecule has 1 heterocycles. The van der Waals surface area contributed by atoms with E-state index in [-0.39, 0.29) is 0 Å². The molecule has 0 atom stereocenters. The number of aliphatic hydroxyl groups excluding tert-OH is 1. The lowest BCUT2D eigenvalue weighted by Crippen LogP contribution is -2.26. The normalized spacial score (nSPS) is 15.2. The summed E-state index contributed by atoms with van der Waals surface area (Å²) in [7, 11) is 0. The van der Waals surface area contributed by atoms with Gasteiger partial charge < -0.3 is 10.2 Å². The number of H-pyrrole nitrogens is 1. The molecular weight excluding hydrogens is 305 g/mol. The van der Waals surface area contributed by atoms with Crippen molar-refractivity contribution in [3.8, 4) is 0 Å². The van der Waals surface area contributed by atoms with E-state index in [9.17, 15) is 14.7 Å². The lowest BCUT2D eigenvalue weighted by molar-refractivity contribution is -0.378. The first-order valence-electron chi connectivity index (χ1n) is 5.45. The van der Waals surface area contributed by atoms with Gasteiger partial charge in [0.05, 0.1) is 5.03 Å². The van der Waals surface area contributed by atoms with Gasteiger partial charge in [0.25, 0.3) is 0 Å². The number of carbonyl (C=O) groups excluding carboxylic acids is 2. The Labute approximate surface area is 125 Å². The number of aromatic amines is 1. The highest BCUT2D eigenvalue weighted by Crippen LogP contribution is 2.24. The summed E-state index contributed by atoms with van der Waals surface area (Å²) in [5.41, 5.74) is 2.65. The van der Waals surface area contributed by atoms with Gasteiger partial charge in [-0.3, -0.25) is 9.59 Å². The number of hydrogen-bond donors (Lipinski definition) is 1. The van der Waals surface area contributed by atoms with Crippen LogP contribution in [0.3, 0.4) is 0 Å². The van der Waals surface area contributed by atoms with Crippen molar-refractivity contribution in [3.05, 3.63) is 51.2 Å². The second-order valence-electron chi connectivity index (χ2n) is 3.97. The Hall–Kier alpha value is -1.85. The molecule has 20 heavy (non-hydrogen) atoms. The number of aryl methyl sites for hydroxylation is 2. The zero-order valence-corrected chi connectivity index (χ0v) is 12.2. The molecule has 1 aliphatic carbocycles. The number of Topliss-reactive ketones (excluding diaryl/α,β-unsaturated/α-hetero) is 2. The topological polar surface area (TPSA) is 91.6 Å². The first-order chi connectivity index (χ1) is 9.27. The third-order valence-electron chi connectivity index (χ3n) is 2.58. The van der Waals surface area contributed by atoms with Crippen molar-refractivity contribution in [2.24, 2.45) is 0 Å². The van der Waals surface area contributed by atoms with Crippen molar-refractivity contribution < 1.29 is 24.8 Å². The molecule has 2 rings (SSSR count). The van der Waals surface area contributed by atoms with Gasteiger partial charge in [-0.25, -0.2) is 4.98 Å². The van der Waals surface area contributed by atoms with E-state index in [0.29, 0.717) is 0 Å². The lowest BCUT2D eigenvalue weighted by atomic mass is 10.1. The minimum Gasteiger partial charge on any atom is -0.869 e. The van der Waals surface area contributed by atoms with Crippen LogP contribution in [0.25, 0.3) is 0 Å². The van der Waals surface area contributed by atoms with E-state index < -0.39 is 33.1 Å². The third-order valence-corrected chi connectivity index (χ3v) is 3.27. The van der Waals surface area contributed by atoms with Crippen LogP contribution >= 0.6 is 23.2 Å². The maximum absolute atomic E-state index is 10.8. The fourth-order valence-corrected chi connectivity index (χ4v) is 1.55. The Morgan fingerprint density at radius 2 is 1.70 bits per heavy atom. The first-order valence-corrected chi connectivity index (χ1v) is 6.21. The summed E-state index contributed by atoms with van der Waals surface area (Å²) >= 11 is 10.3. The molecule has 1 aromatic rings. The highest BCUT2D eigenvalue weighted by Gasteiger charge is 2.28. The molecule has 0 aromatic carbocycles. The number of aliphatic hydroxyl groups is 1. The average molecular weight is 316 g/mol. The van der Waals surface area contributed by atoms with E-state index in [2.05, 4.69) is 24.9 Å². The van der Waals surface area contributed by atoms with Crippen LogP contribution in [0.2, 0.25) is 0 Å². The van der Waals surface area contributed by atoms with E-state index >= 15 is 0 Å². The molecule has 2 N–H and O–H groups in total. The number of allylic oxidation sites excluding steroid dienone is 2. The Balaban J connectivity index is 0.000000217. The number of halogens is 2. The molecule has 5 nitrogen and oxygen atoms in total. The Morgan fingerprint density at radius 1 is 1.10 bits per heavy atom. The van der Waals surface area contributed by atoms with Gasteiger partial charge in [-0.2, -0.15) is 0 Å². The summed E-state index contributed by atoms with van der Waals surface area (Å²) in [4.78, 5) is 24.5. The maximum atomic E-state index is 10.8. The molecule has 0 bridgehead atoms. The molecule has 0 spiro atoms. The second-order valence-corrected chi connectivity index (χ2v) is 4.73. The van der Waals surface area contributed by atoms with Gasteiger partial charge in [0.15, 0.2) is 23.9 Å². The van der Waals surface area contributed by atoms with Crippen molar-refractivity contribution in [2.45, 2.75) is 13.8 Å². The van der Waals surface area contributed by atoms with Crippen LogP contribution in [-0.2, 0) is 9.59 Å². The zero-order valence-electron chi connectivity index (χ0n) is 10.7. The summed E-state index contributed by atoms with van der Waals surface area (Å²) in [6, 6.07) is 2.06. The molecule has 1 aromatic heterocycles. The molecule has 1 aliphatic rings. The van der Waals surface area contributed by atoms with Crippen LogP contribution in [0.1, 0.15) is 11.1 Å². The molecule has 7 heteroatoms. The predicted octanol–water partition coefficient (Wildman–Crippen LogP) is 1.07. The quantitative estimate of drug-likeness (QED) is 0.725. The lowest BCUT2D eigenvalue weighted by Gasteiger charge is -2.17. The molecule has 0 aliphatic heterocycles. The first kappa shape index (κ1) is 16.2. The third kappa shape index (κ3) is 3.37. The van der Waals surface area contributed by atoms with Crippen molar-refractivity contribution >= 4 is 34.8 Å². The van der Waals surface area contributed by atoms with Crippen molar-refractivity contribution in [3.63, 3.8) is 0 Å². The van der Waals surface area contributed by atoms with Crippen LogP contribution in [-0.4, -0.2) is 16.7 Å². The monoisotopic (exact) mass is 315 g/mol. The highest BCUT2D eigenvalue weighted by atomic mass is 35.5. The number of rotatable bonds is 0. The van der Waals surface area contributed by atoms with E-state index in [4.69, 9.17) is 28.3 Å². The zero-order chi connectivity index (χ0) is 15.4. The summed E-state index contributed by atoms with van der Waals surface area (Å²) in [5.74, 6) is -4.46. The molecule has 0 amide bonds. The van der Waals surface area contributed by atoms with Gasteiger partial charge in [0.2, 0.25) is 5.78 Å². The Morgan fingerprint density at radius 3 is 2.15 bits per heavy atom. The molecule has 106 valence electrons. The van der Waals surface area contributed by atoms with E-state index in [0.717, 1.165) is 0 Å². The Bertz CT molecular complexity index is 552. The van der Waals surface area contributed by atoms with Gasteiger partial charge in [0.1, 0.15) is 5.03 Å². The molecule has 0 fully saturated rings. The molecule has 0 saturated heterocycles. The summed E-state index contributed by atoms with van der Waals surface area (Å²) < 4.78 is 0. The van der Waals surface area contributed by atoms with Crippen molar-refractivity contribution in [1.29, 1.82) is 0 Å². The van der Waals surface area contributed by atoms with E-state index in [1.165, 1.54) is 11.1 Å². The van der Waals surface area contributed by atoms with Gasteiger partial charge >= 0.3 is 0 Å². The summed E-state index contributed by atoms with van der Waals surface area (Å²) in [6.45, 7) is 4.19. The molecular formula is C13H11Cl2NO4. The van der Waals surface area contributed by atoms with Gasteiger partial charge in [-0.15, -0.1) is 0 Å². The summed E-state index contributed by atoms with van der Waals surface area (Å²) in [6.07, 6.45) is 3.93. The van der Waals surface area contributed by atoms with Gasteiger partial charge in [0, 0.05) is 11.6 Å². The summed E-state index contributed by atoms with van der Waals surface area (Å²) in [5, 5.41) is 17.9. The number of ketones is 2. The predicted molar refractivity (Wildman–Crippen MR) is 70.9 cm³/mol. The molecule has 0 saturated carbocycles. The van der Waals surface area contributed by atoms with Gasteiger partial charge in [-0.05, 0) is 25.2 Å². The largest absolute Gasteiger partial charge is 0.869 e. The van der Waals surface area contributed by atoms with Crippen LogP contribution in [0, 0.1) is 13.8 Å². The Kier molecular flexibility index (Phi) is 5.30. The van der Waals surface area contributed by atoms with Crippen LogP contribution in [0.15, 0.2) is 40.0 Å². The van der Waals surface area contributed by atoms with E-state index in [1.807, 2.05) is 12.4 Å². The minimum atomic E-state index is -1.19. The van der Waals surface area contributed by atoms with Gasteiger partial charge in [-0.1, -0.05) is 23.2 Å². The highest BCUT2D eigenvalue weighted by molar-refractivity contribution is 6.55. The fourth-order valence-electron chi connectivity index (χ4n) is 1.21. The SMILES string of the molecule is Cc1cc[nH+]cc1C.O=C1C(O)=C(Cl)C(=O)C([O-])=C1Cl. The maximum Gasteiger partial charge on any atom is 0.239 e. The minimum absolute atomic E-state index is 0.783. The average Bonchev–Trinajstić information content (AvgIpc) is 2.45. The number of nitrogens with one attached hydrogen (secondary N) is 1. The van der Waals surface area contributed by atoms with Crippen molar-refractivity contribution in [2.75, 3.05) is 0 Å². The number of carbonyl (C=O) groups is 2. The fraction of sp³-hybridized carbons (Fsp3) is 0.154. The molecule has 0 radical (unpaired) electrons. The van der Waals surface area contributed by atoms with Crippen molar-refractivity contribution in [1.82, 2.24) is 0 Å². The van der Waals surface area contributed by atoms with Crippen LogP contribution < -0.4 is 10.1 Å². The molecule has 0 unspecified atom stereocenters. The van der Waals surface area contributed by atoms with Crippen LogP contribution in [0.5, 0.6) is 0 Å².